The number of fused-ring (bicyclic) bond motifs is 1. The van der Waals surface area contributed by atoms with Crippen LogP contribution in [0.25, 0.3) is 11.0 Å². The Morgan fingerprint density at radius 3 is 2.90 bits per heavy atom. The van der Waals surface area contributed by atoms with Gasteiger partial charge in [-0.3, -0.25) is 10.2 Å². The Balaban J connectivity index is 1.47. The Labute approximate surface area is 125 Å². The van der Waals surface area contributed by atoms with Gasteiger partial charge in [0.15, 0.2) is 0 Å². The second-order valence-electron chi connectivity index (χ2n) is 6.03. The molecule has 1 N–H and O–H groups in total. The van der Waals surface area contributed by atoms with Crippen molar-refractivity contribution in [3.8, 4) is 0 Å². The summed E-state index contributed by atoms with van der Waals surface area (Å²) in [5.41, 5.74) is 4.76. The molecule has 1 aliphatic rings. The van der Waals surface area contributed by atoms with Crippen molar-refractivity contribution in [3.05, 3.63) is 30.6 Å². The number of amides is 1. The van der Waals surface area contributed by atoms with Crippen LogP contribution in [0.3, 0.4) is 0 Å². The fraction of sp³-hybridized carbons (Fsp3) is 0.529. The standard InChI is InChI=1S/C17H23N3O/c21-17(12-6-9-14-7-2-1-3-8-14)19-20-13-18-15-10-4-5-11-16(15)20/h4-5,10-11,13-14H,1-3,6-9,12H2,(H,19,21). The first-order valence-corrected chi connectivity index (χ1v) is 8.05. The van der Waals surface area contributed by atoms with Gasteiger partial charge in [0, 0.05) is 6.42 Å². The molecule has 0 unspecified atom stereocenters. The maximum Gasteiger partial charge on any atom is 0.238 e. The van der Waals surface area contributed by atoms with E-state index in [1.54, 1.807) is 11.0 Å². The number of carbonyl (C=O) groups is 1. The van der Waals surface area contributed by atoms with E-state index in [1.165, 1.54) is 38.5 Å². The molecule has 0 spiro atoms. The molecule has 1 saturated carbocycles. The maximum atomic E-state index is 12.0. The quantitative estimate of drug-likeness (QED) is 0.906. The zero-order valence-corrected chi connectivity index (χ0v) is 12.4. The number of para-hydroxylation sites is 2. The first kappa shape index (κ1) is 14.1. The lowest BCUT2D eigenvalue weighted by Gasteiger charge is -2.21. The summed E-state index contributed by atoms with van der Waals surface area (Å²) in [5.74, 6) is 0.926. The van der Waals surface area contributed by atoms with Crippen LogP contribution in [0.1, 0.15) is 51.4 Å². The zero-order valence-electron chi connectivity index (χ0n) is 12.4. The van der Waals surface area contributed by atoms with Crippen LogP contribution in [-0.4, -0.2) is 15.6 Å². The van der Waals surface area contributed by atoms with Crippen molar-refractivity contribution in [2.75, 3.05) is 5.43 Å². The highest BCUT2D eigenvalue weighted by atomic mass is 16.2. The summed E-state index contributed by atoms with van der Waals surface area (Å²) in [5, 5.41) is 0. The molecule has 0 aliphatic heterocycles. The minimum Gasteiger partial charge on any atom is -0.273 e. The summed E-state index contributed by atoms with van der Waals surface area (Å²) in [6.07, 6.45) is 11.3. The Morgan fingerprint density at radius 2 is 2.05 bits per heavy atom. The van der Waals surface area contributed by atoms with E-state index in [0.29, 0.717) is 6.42 Å². The number of imidazole rings is 1. The van der Waals surface area contributed by atoms with E-state index in [2.05, 4.69) is 10.4 Å². The molecular weight excluding hydrogens is 262 g/mol. The molecule has 4 nitrogen and oxygen atoms in total. The Morgan fingerprint density at radius 1 is 1.24 bits per heavy atom. The SMILES string of the molecule is O=C(CCCC1CCCCC1)Nn1cnc2ccccc21. The summed E-state index contributed by atoms with van der Waals surface area (Å²) < 4.78 is 1.72. The van der Waals surface area contributed by atoms with Gasteiger partial charge in [-0.15, -0.1) is 0 Å². The van der Waals surface area contributed by atoms with Crippen LogP contribution in [0, 0.1) is 5.92 Å². The second kappa shape index (κ2) is 6.74. The molecule has 0 radical (unpaired) electrons. The summed E-state index contributed by atoms with van der Waals surface area (Å²) in [7, 11) is 0. The van der Waals surface area contributed by atoms with Gasteiger partial charge < -0.3 is 0 Å². The number of nitrogens with one attached hydrogen (secondary N) is 1. The number of hydrogen-bond acceptors (Lipinski definition) is 2. The summed E-state index contributed by atoms with van der Waals surface area (Å²) >= 11 is 0. The minimum atomic E-state index is 0.0777. The lowest BCUT2D eigenvalue weighted by Crippen LogP contribution is -2.21. The topological polar surface area (TPSA) is 46.9 Å². The number of carbonyl (C=O) groups excluding carboxylic acids is 1. The number of benzene rings is 1. The fourth-order valence-electron chi connectivity index (χ4n) is 3.27. The van der Waals surface area contributed by atoms with Crippen molar-refractivity contribution in [1.29, 1.82) is 0 Å². The van der Waals surface area contributed by atoms with Gasteiger partial charge in [-0.25, -0.2) is 9.66 Å². The highest BCUT2D eigenvalue weighted by Crippen LogP contribution is 2.27. The van der Waals surface area contributed by atoms with Crippen LogP contribution >= 0.6 is 0 Å². The molecule has 1 heterocycles. The predicted molar refractivity (Wildman–Crippen MR) is 84.5 cm³/mol. The van der Waals surface area contributed by atoms with Gasteiger partial charge in [0.2, 0.25) is 5.91 Å². The number of nitrogens with zero attached hydrogens (tertiary/aromatic N) is 2. The monoisotopic (exact) mass is 285 g/mol. The summed E-state index contributed by atoms with van der Waals surface area (Å²) in [6.45, 7) is 0. The van der Waals surface area contributed by atoms with E-state index in [9.17, 15) is 4.79 Å². The molecule has 0 atom stereocenters. The van der Waals surface area contributed by atoms with Crippen molar-refractivity contribution >= 4 is 16.9 Å². The first-order chi connectivity index (χ1) is 10.3. The van der Waals surface area contributed by atoms with Crippen LogP contribution in [-0.2, 0) is 4.79 Å². The van der Waals surface area contributed by atoms with Crippen LogP contribution in [0.15, 0.2) is 30.6 Å². The van der Waals surface area contributed by atoms with E-state index >= 15 is 0 Å². The molecule has 4 heteroatoms. The molecule has 0 bridgehead atoms. The number of aromatic nitrogens is 2. The zero-order chi connectivity index (χ0) is 14.5. The average molecular weight is 285 g/mol. The average Bonchev–Trinajstić information content (AvgIpc) is 2.92. The van der Waals surface area contributed by atoms with Crippen molar-refractivity contribution in [1.82, 2.24) is 9.66 Å². The fourth-order valence-corrected chi connectivity index (χ4v) is 3.27. The Hall–Kier alpha value is -1.84. The minimum absolute atomic E-state index is 0.0777. The van der Waals surface area contributed by atoms with Gasteiger partial charge in [0.05, 0.1) is 11.0 Å². The lowest BCUT2D eigenvalue weighted by atomic mass is 9.86. The summed E-state index contributed by atoms with van der Waals surface area (Å²) in [6, 6.07) is 7.81. The molecule has 1 aromatic carbocycles. The smallest absolute Gasteiger partial charge is 0.238 e. The van der Waals surface area contributed by atoms with E-state index in [0.717, 1.165) is 23.4 Å². The molecule has 0 saturated heterocycles. The molecular formula is C17H23N3O. The highest BCUT2D eigenvalue weighted by Gasteiger charge is 2.13. The predicted octanol–water partition coefficient (Wildman–Crippen LogP) is 3.86. The molecule has 3 rings (SSSR count). The third kappa shape index (κ3) is 3.63. The number of rotatable bonds is 5. The molecule has 112 valence electrons. The maximum absolute atomic E-state index is 12.0. The van der Waals surface area contributed by atoms with Gasteiger partial charge in [-0.05, 0) is 30.9 Å². The number of hydrogen-bond donors (Lipinski definition) is 1. The third-order valence-corrected chi connectivity index (χ3v) is 4.44. The Kier molecular flexibility index (Phi) is 4.53. The highest BCUT2D eigenvalue weighted by molar-refractivity contribution is 5.86. The molecule has 1 aromatic heterocycles. The van der Waals surface area contributed by atoms with Gasteiger partial charge in [0.25, 0.3) is 0 Å². The molecule has 1 fully saturated rings. The molecule has 1 amide bonds. The van der Waals surface area contributed by atoms with Crippen molar-refractivity contribution in [2.45, 2.75) is 51.4 Å². The third-order valence-electron chi connectivity index (χ3n) is 4.44. The van der Waals surface area contributed by atoms with Crippen LogP contribution in [0.5, 0.6) is 0 Å². The lowest BCUT2D eigenvalue weighted by molar-refractivity contribution is -0.117. The molecule has 21 heavy (non-hydrogen) atoms. The van der Waals surface area contributed by atoms with E-state index in [1.807, 2.05) is 24.3 Å². The second-order valence-corrected chi connectivity index (χ2v) is 6.03. The van der Waals surface area contributed by atoms with E-state index in [4.69, 9.17) is 0 Å². The van der Waals surface area contributed by atoms with Crippen LogP contribution < -0.4 is 5.43 Å². The van der Waals surface area contributed by atoms with Gasteiger partial charge in [0.1, 0.15) is 6.33 Å². The normalized spacial score (nSPS) is 16.2. The van der Waals surface area contributed by atoms with Crippen LogP contribution in [0.2, 0.25) is 0 Å². The van der Waals surface area contributed by atoms with Crippen molar-refractivity contribution in [2.24, 2.45) is 5.92 Å². The molecule has 1 aliphatic carbocycles. The van der Waals surface area contributed by atoms with Crippen LogP contribution in [0.4, 0.5) is 0 Å². The van der Waals surface area contributed by atoms with Gasteiger partial charge in [-0.2, -0.15) is 0 Å². The van der Waals surface area contributed by atoms with Gasteiger partial charge in [-0.1, -0.05) is 44.2 Å². The van der Waals surface area contributed by atoms with Crippen molar-refractivity contribution < 1.29 is 4.79 Å². The first-order valence-electron chi connectivity index (χ1n) is 8.05. The van der Waals surface area contributed by atoms with E-state index < -0.39 is 0 Å². The Bertz CT molecular complexity index is 599. The summed E-state index contributed by atoms with van der Waals surface area (Å²) in [4.78, 5) is 16.3. The van der Waals surface area contributed by atoms with Gasteiger partial charge >= 0.3 is 0 Å². The van der Waals surface area contributed by atoms with Crippen molar-refractivity contribution in [3.63, 3.8) is 0 Å². The van der Waals surface area contributed by atoms with E-state index in [-0.39, 0.29) is 5.91 Å². The molecule has 2 aromatic rings. The largest absolute Gasteiger partial charge is 0.273 e.